The van der Waals surface area contributed by atoms with Gasteiger partial charge in [-0.1, -0.05) is 0 Å². The fraction of sp³-hybridized carbons (Fsp3) is 0.700. The van der Waals surface area contributed by atoms with Gasteiger partial charge in [-0.2, -0.15) is 0 Å². The first-order chi connectivity index (χ1) is 13.5. The molecule has 4 nitrogen and oxygen atoms in total. The molecule has 0 atom stereocenters. The Balaban J connectivity index is 1.26. The quantitative estimate of drug-likeness (QED) is 0.677. The lowest BCUT2D eigenvalue weighted by atomic mass is 9.88. The standard InChI is InChI=1S/C20H25ClF2N4S/c21-19-25-17(16-14-2-1-3-15(14)28-18(16)26-19)24-12-4-6-13(7-5-12)27-10-8-20(22,23)9-11-27/h12-13H,1-11H2,(H,24,25,26). The van der Waals surface area contributed by atoms with Gasteiger partial charge in [0.05, 0.1) is 5.39 Å². The van der Waals surface area contributed by atoms with Gasteiger partial charge >= 0.3 is 0 Å². The van der Waals surface area contributed by atoms with Gasteiger partial charge in [0, 0.05) is 42.9 Å². The molecular weight excluding hydrogens is 402 g/mol. The molecule has 5 rings (SSSR count). The summed E-state index contributed by atoms with van der Waals surface area (Å²) in [5.41, 5.74) is 1.40. The highest BCUT2D eigenvalue weighted by atomic mass is 35.5. The van der Waals surface area contributed by atoms with E-state index in [1.54, 1.807) is 11.3 Å². The number of hydrogen-bond acceptors (Lipinski definition) is 5. The number of thiophene rings is 1. The maximum absolute atomic E-state index is 13.4. The van der Waals surface area contributed by atoms with Crippen LogP contribution in [0, 0.1) is 0 Å². The maximum Gasteiger partial charge on any atom is 0.250 e. The molecule has 152 valence electrons. The first kappa shape index (κ1) is 18.9. The molecule has 2 aromatic rings. The summed E-state index contributed by atoms with van der Waals surface area (Å²) in [5, 5.41) is 5.12. The van der Waals surface area contributed by atoms with Crippen LogP contribution in [0.15, 0.2) is 0 Å². The number of alkyl halides is 2. The SMILES string of the molecule is FC1(F)CCN(C2CCC(Nc3nc(Cl)nc4sc5c(c34)CCC5)CC2)CC1. The Bertz CT molecular complexity index is 869. The highest BCUT2D eigenvalue weighted by Gasteiger charge is 2.37. The van der Waals surface area contributed by atoms with Crippen LogP contribution in [-0.2, 0) is 12.8 Å². The molecule has 3 aliphatic rings. The number of hydrogen-bond donors (Lipinski definition) is 1. The van der Waals surface area contributed by atoms with Gasteiger partial charge in [-0.05, 0) is 62.1 Å². The molecule has 0 radical (unpaired) electrons. The number of piperidine rings is 1. The fourth-order valence-electron chi connectivity index (χ4n) is 5.07. The molecule has 1 aliphatic heterocycles. The fourth-order valence-corrected chi connectivity index (χ4v) is 6.55. The summed E-state index contributed by atoms with van der Waals surface area (Å²) in [7, 11) is 0. The minimum atomic E-state index is -2.46. The largest absolute Gasteiger partial charge is 0.367 e. The summed E-state index contributed by atoms with van der Waals surface area (Å²) in [5.74, 6) is -1.58. The zero-order valence-electron chi connectivity index (χ0n) is 15.8. The Hall–Kier alpha value is -1.05. The van der Waals surface area contributed by atoms with E-state index in [9.17, 15) is 8.78 Å². The van der Waals surface area contributed by atoms with Gasteiger partial charge in [-0.25, -0.2) is 18.7 Å². The molecule has 1 saturated heterocycles. The van der Waals surface area contributed by atoms with Crippen molar-refractivity contribution in [1.29, 1.82) is 0 Å². The average Bonchev–Trinajstić information content (AvgIpc) is 3.23. The third-order valence-corrected chi connectivity index (χ3v) is 7.98. The molecule has 3 heterocycles. The monoisotopic (exact) mass is 426 g/mol. The summed E-state index contributed by atoms with van der Waals surface area (Å²) in [6.07, 6.45) is 7.62. The molecule has 2 fully saturated rings. The summed E-state index contributed by atoms with van der Waals surface area (Å²) in [6.45, 7) is 1.05. The van der Waals surface area contributed by atoms with Gasteiger partial charge in [0.1, 0.15) is 10.6 Å². The zero-order chi connectivity index (χ0) is 19.3. The second kappa shape index (κ2) is 7.33. The van der Waals surface area contributed by atoms with Crippen LogP contribution in [0.2, 0.25) is 5.28 Å². The zero-order valence-corrected chi connectivity index (χ0v) is 17.4. The van der Waals surface area contributed by atoms with E-state index < -0.39 is 5.92 Å². The van der Waals surface area contributed by atoms with E-state index in [1.807, 2.05) is 0 Å². The van der Waals surface area contributed by atoms with Crippen LogP contribution in [0.25, 0.3) is 10.2 Å². The van der Waals surface area contributed by atoms with Crippen molar-refractivity contribution in [3.63, 3.8) is 0 Å². The van der Waals surface area contributed by atoms with Crippen LogP contribution in [0.5, 0.6) is 0 Å². The molecule has 0 amide bonds. The van der Waals surface area contributed by atoms with Crippen molar-refractivity contribution in [2.45, 2.75) is 75.8 Å². The minimum Gasteiger partial charge on any atom is -0.367 e. The Kier molecular flexibility index (Phi) is 4.96. The third-order valence-electron chi connectivity index (χ3n) is 6.62. The molecule has 0 aromatic carbocycles. The van der Waals surface area contributed by atoms with Crippen LogP contribution in [0.4, 0.5) is 14.6 Å². The molecule has 2 aliphatic carbocycles. The van der Waals surface area contributed by atoms with Gasteiger partial charge in [0.15, 0.2) is 0 Å². The topological polar surface area (TPSA) is 41.0 Å². The lowest BCUT2D eigenvalue weighted by Crippen LogP contribution is -2.47. The molecule has 2 aromatic heterocycles. The lowest BCUT2D eigenvalue weighted by molar-refractivity contribution is -0.0657. The number of nitrogens with zero attached hydrogens (tertiary/aromatic N) is 3. The van der Waals surface area contributed by atoms with Gasteiger partial charge in [-0.15, -0.1) is 11.3 Å². The molecule has 0 spiro atoms. The van der Waals surface area contributed by atoms with E-state index in [2.05, 4.69) is 20.2 Å². The predicted molar refractivity (Wildman–Crippen MR) is 110 cm³/mol. The Morgan fingerprint density at radius 1 is 1.07 bits per heavy atom. The normalized spacial score (nSPS) is 27.8. The second-order valence-electron chi connectivity index (χ2n) is 8.42. The summed E-state index contributed by atoms with van der Waals surface area (Å²) < 4.78 is 26.8. The number of likely N-dealkylation sites (tertiary alicyclic amines) is 1. The Morgan fingerprint density at radius 2 is 1.82 bits per heavy atom. The van der Waals surface area contributed by atoms with E-state index in [-0.39, 0.29) is 12.8 Å². The van der Waals surface area contributed by atoms with Gasteiger partial charge in [0.25, 0.3) is 5.92 Å². The van der Waals surface area contributed by atoms with Crippen molar-refractivity contribution in [1.82, 2.24) is 14.9 Å². The lowest BCUT2D eigenvalue weighted by Gasteiger charge is -2.40. The minimum absolute atomic E-state index is 0.00581. The van der Waals surface area contributed by atoms with Gasteiger partial charge in [0.2, 0.25) is 5.28 Å². The van der Waals surface area contributed by atoms with E-state index in [4.69, 9.17) is 11.6 Å². The van der Waals surface area contributed by atoms with E-state index in [1.165, 1.54) is 22.2 Å². The summed E-state index contributed by atoms with van der Waals surface area (Å²) in [6, 6.07) is 0.794. The second-order valence-corrected chi connectivity index (χ2v) is 9.84. The first-order valence-corrected chi connectivity index (χ1v) is 11.5. The van der Waals surface area contributed by atoms with Crippen molar-refractivity contribution < 1.29 is 8.78 Å². The molecule has 0 bridgehead atoms. The predicted octanol–water partition coefficient (Wildman–Crippen LogP) is 5.29. The maximum atomic E-state index is 13.4. The van der Waals surface area contributed by atoms with Gasteiger partial charge < -0.3 is 5.32 Å². The third kappa shape index (κ3) is 3.61. The van der Waals surface area contributed by atoms with Crippen molar-refractivity contribution in [3.05, 3.63) is 15.7 Å². The molecule has 1 saturated carbocycles. The Labute approximate surface area is 172 Å². The number of rotatable bonds is 3. The van der Waals surface area contributed by atoms with Gasteiger partial charge in [-0.3, -0.25) is 4.90 Å². The molecule has 28 heavy (non-hydrogen) atoms. The molecular formula is C20H25ClF2N4S. The summed E-state index contributed by atoms with van der Waals surface area (Å²) in [4.78, 5) is 13.7. The summed E-state index contributed by atoms with van der Waals surface area (Å²) >= 11 is 7.94. The van der Waals surface area contributed by atoms with E-state index >= 15 is 0 Å². The highest BCUT2D eigenvalue weighted by Crippen LogP contribution is 2.41. The van der Waals surface area contributed by atoms with Crippen LogP contribution in [-0.4, -0.2) is 46.0 Å². The average molecular weight is 427 g/mol. The van der Waals surface area contributed by atoms with Crippen LogP contribution >= 0.6 is 22.9 Å². The molecule has 0 unspecified atom stereocenters. The van der Waals surface area contributed by atoms with Crippen molar-refractivity contribution in [3.8, 4) is 0 Å². The molecule has 1 N–H and O–H groups in total. The number of fused-ring (bicyclic) bond motifs is 3. The van der Waals surface area contributed by atoms with Crippen molar-refractivity contribution in [2.75, 3.05) is 18.4 Å². The van der Waals surface area contributed by atoms with Crippen molar-refractivity contribution >= 4 is 39.0 Å². The van der Waals surface area contributed by atoms with E-state index in [0.717, 1.165) is 49.2 Å². The number of anilines is 1. The highest BCUT2D eigenvalue weighted by molar-refractivity contribution is 7.19. The Morgan fingerprint density at radius 3 is 2.57 bits per heavy atom. The van der Waals surface area contributed by atoms with Crippen molar-refractivity contribution in [2.24, 2.45) is 0 Å². The number of halogens is 3. The van der Waals surface area contributed by atoms with E-state index in [0.29, 0.717) is 30.5 Å². The van der Waals surface area contributed by atoms with Crippen LogP contribution < -0.4 is 5.32 Å². The van der Waals surface area contributed by atoms with Crippen LogP contribution in [0.1, 0.15) is 55.4 Å². The van der Waals surface area contributed by atoms with Crippen LogP contribution in [0.3, 0.4) is 0 Å². The number of nitrogens with one attached hydrogen (secondary N) is 1. The first-order valence-electron chi connectivity index (χ1n) is 10.3. The smallest absolute Gasteiger partial charge is 0.250 e. The number of aryl methyl sites for hydroxylation is 2. The molecule has 8 heteroatoms. The number of aromatic nitrogens is 2.